The molecule has 0 aliphatic carbocycles. The zero-order chi connectivity index (χ0) is 23.9. The van der Waals surface area contributed by atoms with E-state index in [1.807, 2.05) is 16.7 Å². The van der Waals surface area contributed by atoms with Crippen molar-refractivity contribution in [2.75, 3.05) is 13.7 Å². The van der Waals surface area contributed by atoms with Gasteiger partial charge in [0.2, 0.25) is 0 Å². The Morgan fingerprint density at radius 2 is 1.85 bits per heavy atom. The van der Waals surface area contributed by atoms with E-state index in [1.54, 1.807) is 55.3 Å². The summed E-state index contributed by atoms with van der Waals surface area (Å²) in [6.45, 7) is 2.45. The molecule has 34 heavy (non-hydrogen) atoms. The fraction of sp³-hybridized carbons (Fsp3) is 0.192. The number of ether oxygens (including phenoxy) is 1. The summed E-state index contributed by atoms with van der Waals surface area (Å²) < 4.78 is 20.7. The number of carbonyl (C=O) groups excluding carboxylic acids is 1. The monoisotopic (exact) mass is 476 g/mol. The summed E-state index contributed by atoms with van der Waals surface area (Å²) in [5.41, 5.74) is 3.72. The maximum Gasteiger partial charge on any atom is 0.251 e. The van der Waals surface area contributed by atoms with Gasteiger partial charge in [0.1, 0.15) is 17.4 Å². The third-order valence-electron chi connectivity index (χ3n) is 5.37. The maximum absolute atomic E-state index is 13.5. The third-order valence-corrected chi connectivity index (χ3v) is 6.35. The lowest BCUT2D eigenvalue weighted by molar-refractivity contribution is 0.0953. The predicted octanol–water partition coefficient (Wildman–Crippen LogP) is 4.99. The fourth-order valence-electron chi connectivity index (χ4n) is 3.47. The molecule has 0 saturated heterocycles. The van der Waals surface area contributed by atoms with Gasteiger partial charge in [0.15, 0.2) is 5.16 Å². The Bertz CT molecular complexity index is 1270. The SMILES string of the molecule is COc1cccc(C(=O)NCCc2nnc(SCc3ccccc3C)n2-c2ccc(F)cc2)c1. The number of benzene rings is 3. The molecule has 174 valence electrons. The molecule has 0 aliphatic heterocycles. The van der Waals surface area contributed by atoms with Crippen LogP contribution in [0.4, 0.5) is 4.39 Å². The Labute approximate surface area is 202 Å². The molecule has 1 amide bonds. The van der Waals surface area contributed by atoms with Gasteiger partial charge in [-0.1, -0.05) is 42.1 Å². The van der Waals surface area contributed by atoms with E-state index in [-0.39, 0.29) is 11.7 Å². The van der Waals surface area contributed by atoms with Crippen LogP contribution in [0.5, 0.6) is 5.75 Å². The summed E-state index contributed by atoms with van der Waals surface area (Å²) >= 11 is 1.57. The minimum atomic E-state index is -0.307. The summed E-state index contributed by atoms with van der Waals surface area (Å²) in [6.07, 6.45) is 0.463. The molecule has 0 aliphatic rings. The van der Waals surface area contributed by atoms with Gasteiger partial charge in [-0.25, -0.2) is 4.39 Å². The van der Waals surface area contributed by atoms with Crippen LogP contribution in [0, 0.1) is 12.7 Å². The molecule has 4 rings (SSSR count). The maximum atomic E-state index is 13.5. The van der Waals surface area contributed by atoms with Crippen molar-refractivity contribution in [3.63, 3.8) is 0 Å². The lowest BCUT2D eigenvalue weighted by Crippen LogP contribution is -2.26. The van der Waals surface area contributed by atoms with Gasteiger partial charge in [0.25, 0.3) is 5.91 Å². The topological polar surface area (TPSA) is 69.0 Å². The van der Waals surface area contributed by atoms with Gasteiger partial charge in [0.05, 0.1) is 7.11 Å². The standard InChI is InChI=1S/C26H25FN4O2S/c1-18-6-3-4-7-20(18)17-34-26-30-29-24(31(26)22-12-10-21(27)11-13-22)14-15-28-25(32)19-8-5-9-23(16-19)33-2/h3-13,16H,14-15,17H2,1-2H3,(H,28,32). The highest BCUT2D eigenvalue weighted by Crippen LogP contribution is 2.26. The van der Waals surface area contributed by atoms with Gasteiger partial charge in [-0.3, -0.25) is 9.36 Å². The van der Waals surface area contributed by atoms with E-state index < -0.39 is 0 Å². The van der Waals surface area contributed by atoms with Crippen molar-refractivity contribution in [1.82, 2.24) is 20.1 Å². The van der Waals surface area contributed by atoms with Gasteiger partial charge in [0, 0.05) is 30.0 Å². The van der Waals surface area contributed by atoms with Crippen LogP contribution in [0.2, 0.25) is 0 Å². The number of carbonyl (C=O) groups is 1. The average Bonchev–Trinajstić information content (AvgIpc) is 3.26. The number of aromatic nitrogens is 3. The molecule has 0 saturated carbocycles. The molecule has 0 atom stereocenters. The molecular formula is C26H25FN4O2S. The summed E-state index contributed by atoms with van der Waals surface area (Å²) in [7, 11) is 1.56. The van der Waals surface area contributed by atoms with E-state index in [0.717, 1.165) is 11.4 Å². The first kappa shape index (κ1) is 23.5. The Morgan fingerprint density at radius 1 is 1.06 bits per heavy atom. The predicted molar refractivity (Wildman–Crippen MR) is 131 cm³/mol. The number of nitrogens with one attached hydrogen (secondary N) is 1. The number of halogens is 1. The normalized spacial score (nSPS) is 10.8. The van der Waals surface area contributed by atoms with Crippen molar-refractivity contribution < 1.29 is 13.9 Å². The summed E-state index contributed by atoms with van der Waals surface area (Å²) in [5.74, 6) is 1.54. The zero-order valence-electron chi connectivity index (χ0n) is 19.0. The van der Waals surface area contributed by atoms with Crippen LogP contribution in [-0.4, -0.2) is 34.3 Å². The molecule has 4 aromatic rings. The lowest BCUT2D eigenvalue weighted by Gasteiger charge is -2.11. The fourth-order valence-corrected chi connectivity index (χ4v) is 4.52. The molecule has 6 nitrogen and oxygen atoms in total. The first-order valence-electron chi connectivity index (χ1n) is 10.8. The van der Waals surface area contributed by atoms with Crippen LogP contribution in [0.25, 0.3) is 5.69 Å². The molecule has 1 heterocycles. The molecule has 0 spiro atoms. The number of hydrogen-bond donors (Lipinski definition) is 1. The van der Waals surface area contributed by atoms with E-state index in [1.165, 1.54) is 23.3 Å². The van der Waals surface area contributed by atoms with E-state index in [9.17, 15) is 9.18 Å². The van der Waals surface area contributed by atoms with Gasteiger partial charge in [-0.2, -0.15) is 0 Å². The van der Waals surface area contributed by atoms with Crippen molar-refractivity contribution >= 4 is 17.7 Å². The number of amides is 1. The molecule has 0 fully saturated rings. The number of nitrogens with zero attached hydrogens (tertiary/aromatic N) is 3. The van der Waals surface area contributed by atoms with E-state index in [0.29, 0.717) is 35.3 Å². The second kappa shape index (κ2) is 11.0. The van der Waals surface area contributed by atoms with Crippen LogP contribution in [0.3, 0.4) is 0 Å². The number of aryl methyl sites for hydroxylation is 1. The smallest absolute Gasteiger partial charge is 0.251 e. The Balaban J connectivity index is 1.50. The molecular weight excluding hydrogens is 451 g/mol. The highest BCUT2D eigenvalue weighted by Gasteiger charge is 2.16. The molecule has 0 radical (unpaired) electrons. The number of hydrogen-bond acceptors (Lipinski definition) is 5. The van der Waals surface area contributed by atoms with Crippen LogP contribution < -0.4 is 10.1 Å². The van der Waals surface area contributed by atoms with Crippen molar-refractivity contribution in [3.8, 4) is 11.4 Å². The van der Waals surface area contributed by atoms with Crippen LogP contribution in [0.15, 0.2) is 78.0 Å². The van der Waals surface area contributed by atoms with Gasteiger partial charge < -0.3 is 10.1 Å². The van der Waals surface area contributed by atoms with E-state index >= 15 is 0 Å². The average molecular weight is 477 g/mol. The quantitative estimate of drug-likeness (QED) is 0.345. The largest absolute Gasteiger partial charge is 0.497 e. The lowest BCUT2D eigenvalue weighted by atomic mass is 10.1. The number of thioether (sulfide) groups is 1. The second-order valence-corrected chi connectivity index (χ2v) is 8.61. The highest BCUT2D eigenvalue weighted by molar-refractivity contribution is 7.98. The number of methoxy groups -OCH3 is 1. The zero-order valence-corrected chi connectivity index (χ0v) is 19.8. The Morgan fingerprint density at radius 3 is 2.62 bits per heavy atom. The summed E-state index contributed by atoms with van der Waals surface area (Å²) in [4.78, 5) is 12.5. The molecule has 1 aromatic heterocycles. The molecule has 3 aromatic carbocycles. The van der Waals surface area contributed by atoms with Gasteiger partial charge in [-0.05, 0) is 60.5 Å². The first-order valence-corrected chi connectivity index (χ1v) is 11.8. The van der Waals surface area contributed by atoms with Gasteiger partial charge >= 0.3 is 0 Å². The molecule has 0 unspecified atom stereocenters. The van der Waals surface area contributed by atoms with Crippen molar-refractivity contribution in [2.45, 2.75) is 24.3 Å². The first-order chi connectivity index (χ1) is 16.5. The minimum absolute atomic E-state index is 0.194. The van der Waals surface area contributed by atoms with Gasteiger partial charge in [-0.15, -0.1) is 10.2 Å². The highest BCUT2D eigenvalue weighted by atomic mass is 32.2. The Hall–Kier alpha value is -3.65. The summed E-state index contributed by atoms with van der Waals surface area (Å²) in [5, 5.41) is 12.4. The Kier molecular flexibility index (Phi) is 7.59. The molecule has 1 N–H and O–H groups in total. The van der Waals surface area contributed by atoms with Crippen LogP contribution in [0.1, 0.15) is 27.3 Å². The second-order valence-electron chi connectivity index (χ2n) is 7.66. The van der Waals surface area contributed by atoms with Crippen molar-refractivity contribution in [2.24, 2.45) is 0 Å². The summed E-state index contributed by atoms with van der Waals surface area (Å²) in [6, 6.07) is 21.4. The van der Waals surface area contributed by atoms with Crippen LogP contribution >= 0.6 is 11.8 Å². The third kappa shape index (κ3) is 5.63. The van der Waals surface area contributed by atoms with Crippen LogP contribution in [-0.2, 0) is 12.2 Å². The number of rotatable bonds is 9. The molecule has 0 bridgehead atoms. The van der Waals surface area contributed by atoms with Crippen molar-refractivity contribution in [3.05, 3.63) is 101 Å². The minimum Gasteiger partial charge on any atom is -0.497 e. The van der Waals surface area contributed by atoms with E-state index in [2.05, 4.69) is 34.6 Å². The van der Waals surface area contributed by atoms with E-state index in [4.69, 9.17) is 4.74 Å². The van der Waals surface area contributed by atoms with Crippen molar-refractivity contribution in [1.29, 1.82) is 0 Å². The molecule has 8 heteroatoms.